The molecule has 7 nitrogen and oxygen atoms in total. The Morgan fingerprint density at radius 3 is 2.78 bits per heavy atom. The molecule has 0 bridgehead atoms. The number of hydrogen-bond donors (Lipinski definition) is 1. The molecule has 1 atom stereocenters. The Bertz CT molecular complexity index is 894. The van der Waals surface area contributed by atoms with E-state index in [1.807, 2.05) is 36.6 Å². The van der Waals surface area contributed by atoms with Crippen molar-refractivity contribution >= 4 is 32.4 Å². The normalized spacial score (nSPS) is 18.2. The second kappa shape index (κ2) is 8.37. The van der Waals surface area contributed by atoms with Crippen molar-refractivity contribution < 1.29 is 17.9 Å². The van der Waals surface area contributed by atoms with Crippen LogP contribution in [0.1, 0.15) is 19.8 Å². The number of carbonyl (C=O) groups is 1. The molecule has 9 heteroatoms. The van der Waals surface area contributed by atoms with E-state index >= 15 is 0 Å². The Hall–Kier alpha value is -1.97. The van der Waals surface area contributed by atoms with Gasteiger partial charge in [0.1, 0.15) is 5.75 Å². The molecule has 1 unspecified atom stereocenters. The lowest BCUT2D eigenvalue weighted by atomic mass is 9.99. The van der Waals surface area contributed by atoms with E-state index in [4.69, 9.17) is 4.74 Å². The van der Waals surface area contributed by atoms with Crippen molar-refractivity contribution in [3.05, 3.63) is 29.6 Å². The first kappa shape index (κ1) is 19.8. The topological polar surface area (TPSA) is 88.6 Å². The molecular weight excluding hydrogens is 386 g/mol. The smallest absolute Gasteiger partial charge is 0.230 e. The van der Waals surface area contributed by atoms with Crippen LogP contribution in [0, 0.1) is 5.92 Å². The van der Waals surface area contributed by atoms with Gasteiger partial charge in [0.05, 0.1) is 24.5 Å². The molecule has 1 aromatic carbocycles. The maximum absolute atomic E-state index is 12.5. The summed E-state index contributed by atoms with van der Waals surface area (Å²) in [6.45, 7) is 3.25. The Kier molecular flexibility index (Phi) is 6.13. The van der Waals surface area contributed by atoms with Crippen molar-refractivity contribution in [1.82, 2.24) is 9.29 Å². The van der Waals surface area contributed by atoms with Crippen LogP contribution < -0.4 is 10.1 Å². The molecule has 0 aliphatic carbocycles. The summed E-state index contributed by atoms with van der Waals surface area (Å²) in [5, 5.41) is 5.23. The standard InChI is InChI=1S/C18H23N3O4S2/c1-3-25-15-8-6-13(7-9-15)16-12-26-18(19-16)20-17(22)14-5-4-10-21(11-14)27(2,23)24/h6-9,12,14H,3-5,10-11H2,1-2H3,(H,19,20,22). The highest BCUT2D eigenvalue weighted by Crippen LogP contribution is 2.27. The molecule has 0 spiro atoms. The van der Waals surface area contributed by atoms with Crippen LogP contribution in [-0.4, -0.2) is 49.6 Å². The molecule has 1 fully saturated rings. The summed E-state index contributed by atoms with van der Waals surface area (Å²) in [7, 11) is -3.27. The lowest BCUT2D eigenvalue weighted by Gasteiger charge is -2.29. The average molecular weight is 410 g/mol. The average Bonchev–Trinajstić information content (AvgIpc) is 3.10. The number of aromatic nitrogens is 1. The summed E-state index contributed by atoms with van der Waals surface area (Å²) < 4.78 is 30.2. The van der Waals surface area contributed by atoms with Crippen molar-refractivity contribution in [3.63, 3.8) is 0 Å². The number of nitrogens with one attached hydrogen (secondary N) is 1. The lowest BCUT2D eigenvalue weighted by molar-refractivity contribution is -0.120. The molecule has 1 amide bonds. The SMILES string of the molecule is CCOc1ccc(-c2csc(NC(=O)C3CCCN(S(C)(=O)=O)C3)n2)cc1. The van der Waals surface area contributed by atoms with E-state index in [1.54, 1.807) is 0 Å². The predicted molar refractivity (Wildman–Crippen MR) is 106 cm³/mol. The molecule has 2 heterocycles. The molecular formula is C18H23N3O4S2. The number of piperidine rings is 1. The number of rotatable bonds is 6. The van der Waals surface area contributed by atoms with Gasteiger partial charge in [0.25, 0.3) is 0 Å². The van der Waals surface area contributed by atoms with E-state index in [1.165, 1.54) is 21.9 Å². The van der Waals surface area contributed by atoms with Gasteiger partial charge in [-0.3, -0.25) is 4.79 Å². The van der Waals surface area contributed by atoms with Gasteiger partial charge in [-0.2, -0.15) is 0 Å². The van der Waals surface area contributed by atoms with Gasteiger partial charge in [0.2, 0.25) is 15.9 Å². The van der Waals surface area contributed by atoms with E-state index in [2.05, 4.69) is 10.3 Å². The van der Waals surface area contributed by atoms with Crippen LogP contribution in [0.3, 0.4) is 0 Å². The van der Waals surface area contributed by atoms with Crippen LogP contribution in [0.2, 0.25) is 0 Å². The molecule has 1 saturated heterocycles. The van der Waals surface area contributed by atoms with E-state index in [-0.39, 0.29) is 18.4 Å². The van der Waals surface area contributed by atoms with Gasteiger partial charge in [-0.25, -0.2) is 17.7 Å². The van der Waals surface area contributed by atoms with Gasteiger partial charge in [0, 0.05) is 24.0 Å². The van der Waals surface area contributed by atoms with Crippen molar-refractivity contribution in [3.8, 4) is 17.0 Å². The first-order chi connectivity index (χ1) is 12.9. The zero-order valence-electron chi connectivity index (χ0n) is 15.3. The molecule has 1 aromatic heterocycles. The number of hydrogen-bond acceptors (Lipinski definition) is 6. The van der Waals surface area contributed by atoms with Crippen LogP contribution >= 0.6 is 11.3 Å². The van der Waals surface area contributed by atoms with Gasteiger partial charge < -0.3 is 10.1 Å². The Morgan fingerprint density at radius 2 is 2.11 bits per heavy atom. The monoisotopic (exact) mass is 409 g/mol. The molecule has 1 N–H and O–H groups in total. The number of carbonyl (C=O) groups excluding carboxylic acids is 1. The zero-order chi connectivity index (χ0) is 19.4. The number of amides is 1. The first-order valence-electron chi connectivity index (χ1n) is 8.81. The summed E-state index contributed by atoms with van der Waals surface area (Å²) in [6.07, 6.45) is 2.53. The highest BCUT2D eigenvalue weighted by atomic mass is 32.2. The van der Waals surface area contributed by atoms with Crippen LogP contribution in [0.5, 0.6) is 5.75 Å². The van der Waals surface area contributed by atoms with Crippen molar-refractivity contribution in [2.24, 2.45) is 5.92 Å². The third-order valence-corrected chi connectivity index (χ3v) is 6.45. The molecule has 3 rings (SSSR count). The van der Waals surface area contributed by atoms with E-state index in [0.29, 0.717) is 31.1 Å². The van der Waals surface area contributed by atoms with Crippen LogP contribution in [0.15, 0.2) is 29.6 Å². The number of benzene rings is 1. The fraction of sp³-hybridized carbons (Fsp3) is 0.444. The van der Waals surface area contributed by atoms with Crippen molar-refractivity contribution in [2.45, 2.75) is 19.8 Å². The summed E-state index contributed by atoms with van der Waals surface area (Å²) in [5.41, 5.74) is 1.72. The summed E-state index contributed by atoms with van der Waals surface area (Å²) in [4.78, 5) is 17.0. The van der Waals surface area contributed by atoms with Crippen LogP contribution in [-0.2, 0) is 14.8 Å². The summed E-state index contributed by atoms with van der Waals surface area (Å²) in [5.74, 6) is 0.264. The third-order valence-electron chi connectivity index (χ3n) is 4.42. The third kappa shape index (κ3) is 5.06. The minimum Gasteiger partial charge on any atom is -0.494 e. The second-order valence-corrected chi connectivity index (χ2v) is 9.29. The lowest BCUT2D eigenvalue weighted by Crippen LogP contribution is -2.43. The molecule has 0 saturated carbocycles. The number of ether oxygens (including phenoxy) is 1. The fourth-order valence-electron chi connectivity index (χ4n) is 3.02. The van der Waals surface area contributed by atoms with Crippen LogP contribution in [0.25, 0.3) is 11.3 Å². The Balaban J connectivity index is 1.64. The predicted octanol–water partition coefficient (Wildman–Crippen LogP) is 2.82. The number of anilines is 1. The number of nitrogens with zero attached hydrogens (tertiary/aromatic N) is 2. The van der Waals surface area contributed by atoms with E-state index in [9.17, 15) is 13.2 Å². The van der Waals surface area contributed by atoms with Gasteiger partial charge in [-0.1, -0.05) is 0 Å². The maximum atomic E-state index is 12.5. The van der Waals surface area contributed by atoms with E-state index in [0.717, 1.165) is 17.0 Å². The van der Waals surface area contributed by atoms with Gasteiger partial charge >= 0.3 is 0 Å². The largest absolute Gasteiger partial charge is 0.494 e. The van der Waals surface area contributed by atoms with Gasteiger partial charge in [-0.15, -0.1) is 11.3 Å². The van der Waals surface area contributed by atoms with E-state index < -0.39 is 10.0 Å². The van der Waals surface area contributed by atoms with Crippen LogP contribution in [0.4, 0.5) is 5.13 Å². The first-order valence-corrected chi connectivity index (χ1v) is 11.5. The molecule has 146 valence electrons. The van der Waals surface area contributed by atoms with Crippen molar-refractivity contribution in [2.75, 3.05) is 31.3 Å². The molecule has 27 heavy (non-hydrogen) atoms. The van der Waals surface area contributed by atoms with Gasteiger partial charge in [0.15, 0.2) is 5.13 Å². The highest BCUT2D eigenvalue weighted by Gasteiger charge is 2.30. The number of sulfonamides is 1. The molecule has 1 aliphatic rings. The Morgan fingerprint density at radius 1 is 1.37 bits per heavy atom. The van der Waals surface area contributed by atoms with Gasteiger partial charge in [-0.05, 0) is 44.0 Å². The highest BCUT2D eigenvalue weighted by molar-refractivity contribution is 7.88. The fourth-order valence-corrected chi connectivity index (χ4v) is 4.65. The molecule has 0 radical (unpaired) electrons. The molecule has 1 aliphatic heterocycles. The number of thiazole rings is 1. The minimum absolute atomic E-state index is 0.184. The summed E-state index contributed by atoms with van der Waals surface area (Å²) in [6, 6.07) is 7.63. The quantitative estimate of drug-likeness (QED) is 0.793. The van der Waals surface area contributed by atoms with Crippen molar-refractivity contribution in [1.29, 1.82) is 0 Å². The second-order valence-electron chi connectivity index (χ2n) is 6.44. The zero-order valence-corrected chi connectivity index (χ0v) is 17.0. The maximum Gasteiger partial charge on any atom is 0.230 e. The summed E-state index contributed by atoms with van der Waals surface area (Å²) >= 11 is 1.35. The Labute approximate surface area is 163 Å². The minimum atomic E-state index is -3.27. The molecule has 2 aromatic rings.